The van der Waals surface area contributed by atoms with Crippen LogP contribution in [0.1, 0.15) is 0 Å². The van der Waals surface area contributed by atoms with Crippen LogP contribution in [0, 0.1) is 0 Å². The maximum absolute atomic E-state index is 6.70. The second-order valence-corrected chi connectivity index (χ2v) is 9.69. The minimum absolute atomic E-state index is 0.547. The number of pyridine rings is 1. The first-order valence-corrected chi connectivity index (χ1v) is 12.2. The van der Waals surface area contributed by atoms with Crippen LogP contribution in [0.3, 0.4) is 0 Å². The van der Waals surface area contributed by atoms with E-state index < -0.39 is 0 Å². The standard InChI is InChI=1S/C28H16BrCl2N3/c29-18-12-10-17(11-13-18)26-25-27(21-15-14-19(30)16-23(21)31)32-24-9-5-4-8-22(24)28(25)34(33-26)20-6-2-1-3-7-20/h1-16H. The SMILES string of the molecule is Clc1ccc(-c2nc3ccccc3c3c2c(-c2ccc(Br)cc2)nn3-c2ccccc2)c(Cl)c1. The van der Waals surface area contributed by atoms with Crippen LogP contribution in [0.25, 0.3) is 50.0 Å². The molecular formula is C28H16BrCl2N3. The highest BCUT2D eigenvalue weighted by atomic mass is 79.9. The van der Waals surface area contributed by atoms with Crippen LogP contribution in [0.4, 0.5) is 0 Å². The molecule has 34 heavy (non-hydrogen) atoms. The number of hydrogen-bond donors (Lipinski definition) is 0. The maximum atomic E-state index is 6.70. The summed E-state index contributed by atoms with van der Waals surface area (Å²) in [6.07, 6.45) is 0. The van der Waals surface area contributed by atoms with E-state index in [1.165, 1.54) is 0 Å². The van der Waals surface area contributed by atoms with E-state index in [2.05, 4.69) is 46.3 Å². The Balaban J connectivity index is 1.82. The number of fused-ring (bicyclic) bond motifs is 3. The predicted octanol–water partition coefficient (Wildman–Crippen LogP) is 8.98. The van der Waals surface area contributed by atoms with Crippen molar-refractivity contribution < 1.29 is 0 Å². The molecule has 0 saturated carbocycles. The largest absolute Gasteiger partial charge is 0.247 e. The molecule has 0 aliphatic heterocycles. The van der Waals surface area contributed by atoms with E-state index in [-0.39, 0.29) is 0 Å². The van der Waals surface area contributed by atoms with Gasteiger partial charge in [-0.1, -0.05) is 87.7 Å². The Morgan fingerprint density at radius 1 is 0.735 bits per heavy atom. The lowest BCUT2D eigenvalue weighted by atomic mass is 10.00. The molecule has 0 fully saturated rings. The summed E-state index contributed by atoms with van der Waals surface area (Å²) in [6, 6.07) is 32.0. The van der Waals surface area contributed by atoms with Crippen molar-refractivity contribution >= 4 is 60.9 Å². The number of nitrogens with zero attached hydrogens (tertiary/aromatic N) is 3. The predicted molar refractivity (Wildman–Crippen MR) is 145 cm³/mol. The molecule has 0 radical (unpaired) electrons. The summed E-state index contributed by atoms with van der Waals surface area (Å²) < 4.78 is 3.01. The molecule has 2 heterocycles. The van der Waals surface area contributed by atoms with Crippen LogP contribution in [0.15, 0.2) is 102 Å². The zero-order valence-corrected chi connectivity index (χ0v) is 20.8. The van der Waals surface area contributed by atoms with Crippen LogP contribution in [-0.4, -0.2) is 14.8 Å². The zero-order valence-electron chi connectivity index (χ0n) is 17.7. The van der Waals surface area contributed by atoms with Crippen LogP contribution < -0.4 is 0 Å². The Bertz CT molecular complexity index is 1680. The normalized spacial score (nSPS) is 11.4. The number of aromatic nitrogens is 3. The third kappa shape index (κ3) is 3.59. The van der Waals surface area contributed by atoms with Gasteiger partial charge in [-0.2, -0.15) is 5.10 Å². The van der Waals surface area contributed by atoms with Gasteiger partial charge in [-0.25, -0.2) is 9.67 Å². The third-order valence-corrected chi connectivity index (χ3v) is 6.89. The minimum atomic E-state index is 0.547. The molecule has 6 aromatic rings. The van der Waals surface area contributed by atoms with E-state index in [1.807, 2.05) is 65.3 Å². The van der Waals surface area contributed by atoms with Crippen molar-refractivity contribution in [1.82, 2.24) is 14.8 Å². The molecule has 2 aromatic heterocycles. The molecule has 0 amide bonds. The van der Waals surface area contributed by atoms with Crippen LogP contribution in [0.2, 0.25) is 10.0 Å². The topological polar surface area (TPSA) is 30.7 Å². The molecule has 0 bridgehead atoms. The molecule has 0 aliphatic rings. The molecule has 0 saturated heterocycles. The van der Waals surface area contributed by atoms with Gasteiger partial charge < -0.3 is 0 Å². The van der Waals surface area contributed by atoms with Gasteiger partial charge in [0.15, 0.2) is 0 Å². The van der Waals surface area contributed by atoms with E-state index in [0.29, 0.717) is 10.0 Å². The molecule has 164 valence electrons. The summed E-state index contributed by atoms with van der Waals surface area (Å²) in [6.45, 7) is 0. The van der Waals surface area contributed by atoms with Gasteiger partial charge in [-0.05, 0) is 48.5 Å². The number of halogens is 3. The molecule has 4 aromatic carbocycles. The number of hydrogen-bond acceptors (Lipinski definition) is 2. The average Bonchev–Trinajstić information content (AvgIpc) is 3.26. The van der Waals surface area contributed by atoms with Gasteiger partial charge >= 0.3 is 0 Å². The zero-order chi connectivity index (χ0) is 23.2. The number of para-hydroxylation sites is 2. The average molecular weight is 545 g/mol. The summed E-state index contributed by atoms with van der Waals surface area (Å²) >= 11 is 16.5. The van der Waals surface area contributed by atoms with Gasteiger partial charge in [0.2, 0.25) is 0 Å². The Morgan fingerprint density at radius 2 is 1.47 bits per heavy atom. The van der Waals surface area contributed by atoms with Gasteiger partial charge in [0.1, 0.15) is 5.69 Å². The first kappa shape index (κ1) is 21.4. The molecule has 0 spiro atoms. The molecule has 0 unspecified atom stereocenters. The van der Waals surface area contributed by atoms with Crippen molar-refractivity contribution in [3.8, 4) is 28.2 Å². The lowest BCUT2D eigenvalue weighted by Gasteiger charge is -2.11. The van der Waals surface area contributed by atoms with E-state index in [9.17, 15) is 0 Å². The monoisotopic (exact) mass is 543 g/mol. The van der Waals surface area contributed by atoms with Crippen molar-refractivity contribution in [1.29, 1.82) is 0 Å². The Kier molecular flexibility index (Phi) is 5.37. The van der Waals surface area contributed by atoms with Crippen LogP contribution >= 0.6 is 39.1 Å². The molecule has 6 heteroatoms. The minimum Gasteiger partial charge on any atom is -0.247 e. The van der Waals surface area contributed by atoms with Crippen LogP contribution in [-0.2, 0) is 0 Å². The molecule has 0 N–H and O–H groups in total. The summed E-state index contributed by atoms with van der Waals surface area (Å²) in [5, 5.41) is 8.22. The Labute approximate surface area is 214 Å². The number of rotatable bonds is 3. The summed E-state index contributed by atoms with van der Waals surface area (Å²) in [4.78, 5) is 5.08. The highest BCUT2D eigenvalue weighted by Crippen LogP contribution is 2.42. The highest BCUT2D eigenvalue weighted by molar-refractivity contribution is 9.10. The fourth-order valence-electron chi connectivity index (χ4n) is 4.28. The van der Waals surface area contributed by atoms with E-state index in [0.717, 1.165) is 54.5 Å². The van der Waals surface area contributed by atoms with Gasteiger partial charge in [0.25, 0.3) is 0 Å². The summed E-state index contributed by atoms with van der Waals surface area (Å²) in [7, 11) is 0. The van der Waals surface area contributed by atoms with Crippen LogP contribution in [0.5, 0.6) is 0 Å². The first-order valence-electron chi connectivity index (χ1n) is 10.7. The van der Waals surface area contributed by atoms with Crippen molar-refractivity contribution in [2.75, 3.05) is 0 Å². The second kappa shape index (κ2) is 8.55. The summed E-state index contributed by atoms with van der Waals surface area (Å²) in [5.74, 6) is 0. The van der Waals surface area contributed by atoms with Gasteiger partial charge in [-0.3, -0.25) is 0 Å². The highest BCUT2D eigenvalue weighted by Gasteiger charge is 2.23. The second-order valence-electron chi connectivity index (χ2n) is 7.93. The summed E-state index contributed by atoms with van der Waals surface area (Å²) in [5.41, 5.74) is 6.24. The van der Waals surface area contributed by atoms with Gasteiger partial charge in [0, 0.05) is 26.0 Å². The van der Waals surface area contributed by atoms with Gasteiger partial charge in [-0.15, -0.1) is 0 Å². The molecule has 6 rings (SSSR count). The molecule has 3 nitrogen and oxygen atoms in total. The fourth-order valence-corrected chi connectivity index (χ4v) is 5.04. The van der Waals surface area contributed by atoms with E-state index in [1.54, 1.807) is 6.07 Å². The maximum Gasteiger partial charge on any atom is 0.103 e. The molecule has 0 atom stereocenters. The molecular weight excluding hydrogens is 529 g/mol. The fraction of sp³-hybridized carbons (Fsp3) is 0. The van der Waals surface area contributed by atoms with Crippen molar-refractivity contribution in [2.24, 2.45) is 0 Å². The quantitative estimate of drug-likeness (QED) is 0.222. The van der Waals surface area contributed by atoms with Gasteiger partial charge in [0.05, 0.1) is 32.8 Å². The smallest absolute Gasteiger partial charge is 0.103 e. The van der Waals surface area contributed by atoms with Crippen molar-refractivity contribution in [3.63, 3.8) is 0 Å². The lowest BCUT2D eigenvalue weighted by molar-refractivity contribution is 0.918. The third-order valence-electron chi connectivity index (χ3n) is 5.82. The first-order chi connectivity index (χ1) is 16.6. The molecule has 0 aliphatic carbocycles. The van der Waals surface area contributed by atoms with E-state index in [4.69, 9.17) is 33.3 Å². The van der Waals surface area contributed by atoms with E-state index >= 15 is 0 Å². The lowest BCUT2D eigenvalue weighted by Crippen LogP contribution is -1.97. The number of benzene rings is 4. The van der Waals surface area contributed by atoms with Crippen molar-refractivity contribution in [2.45, 2.75) is 0 Å². The van der Waals surface area contributed by atoms with Crippen molar-refractivity contribution in [3.05, 3.63) is 112 Å². The Morgan fingerprint density at radius 3 is 2.24 bits per heavy atom. The Hall–Kier alpha value is -3.18.